The fourth-order valence-electron chi connectivity index (χ4n) is 3.49. The zero-order valence-corrected chi connectivity index (χ0v) is 14.2. The molecule has 0 radical (unpaired) electrons. The third kappa shape index (κ3) is 2.82. The quantitative estimate of drug-likeness (QED) is 0.792. The molecule has 1 aromatic carbocycles. The third-order valence-corrected chi connectivity index (χ3v) is 4.71. The minimum Gasteiger partial charge on any atom is -0.361 e. The lowest BCUT2D eigenvalue weighted by Gasteiger charge is -2.14. The minimum absolute atomic E-state index is 0.0493. The van der Waals surface area contributed by atoms with Crippen molar-refractivity contribution in [3.63, 3.8) is 0 Å². The number of benzene rings is 1. The van der Waals surface area contributed by atoms with Crippen LogP contribution >= 0.6 is 0 Å². The average Bonchev–Trinajstić information content (AvgIpc) is 3.18. The van der Waals surface area contributed by atoms with Crippen molar-refractivity contribution in [1.29, 1.82) is 0 Å². The van der Waals surface area contributed by atoms with E-state index in [0.29, 0.717) is 17.1 Å². The maximum Gasteiger partial charge on any atom is 0.270 e. The number of aromatic nitrogens is 2. The Morgan fingerprint density at radius 1 is 1.16 bits per heavy atom. The van der Waals surface area contributed by atoms with Crippen molar-refractivity contribution in [3.8, 4) is 11.3 Å². The van der Waals surface area contributed by atoms with Crippen molar-refractivity contribution in [2.24, 2.45) is 0 Å². The van der Waals surface area contributed by atoms with Gasteiger partial charge in [0.25, 0.3) is 5.91 Å². The van der Waals surface area contributed by atoms with Crippen molar-refractivity contribution in [1.82, 2.24) is 15.5 Å². The number of hydrogen-bond donors (Lipinski definition) is 1. The summed E-state index contributed by atoms with van der Waals surface area (Å²) in [6.45, 7) is 3.72. The second-order valence-corrected chi connectivity index (χ2v) is 6.37. The summed E-state index contributed by atoms with van der Waals surface area (Å²) < 4.78 is 5.21. The number of pyridine rings is 1. The zero-order chi connectivity index (χ0) is 17.4. The molecule has 2 aromatic heterocycles. The molecule has 1 atom stereocenters. The molecule has 1 amide bonds. The van der Waals surface area contributed by atoms with Crippen molar-refractivity contribution in [3.05, 3.63) is 70.7 Å². The Bertz CT molecular complexity index is 926. The summed E-state index contributed by atoms with van der Waals surface area (Å²) in [5.74, 6) is 0.544. The van der Waals surface area contributed by atoms with Gasteiger partial charge in [0.15, 0.2) is 0 Å². The van der Waals surface area contributed by atoms with Crippen molar-refractivity contribution in [2.45, 2.75) is 32.7 Å². The average molecular weight is 333 g/mol. The molecule has 0 bridgehead atoms. The van der Waals surface area contributed by atoms with E-state index >= 15 is 0 Å². The minimum atomic E-state index is -0.157. The standard InChI is InChI=1S/C20H19N3O2/c1-12-19(13(2)25-23-12)17-8-5-9-18(21-17)20(24)22-16-11-10-14-6-3-4-7-15(14)16/h3-9,16H,10-11H2,1-2H3,(H,22,24)/t16-/m1/s1. The number of nitrogens with one attached hydrogen (secondary N) is 1. The molecule has 2 heterocycles. The number of amides is 1. The van der Waals surface area contributed by atoms with E-state index in [1.807, 2.05) is 38.1 Å². The summed E-state index contributed by atoms with van der Waals surface area (Å²) in [4.78, 5) is 17.2. The summed E-state index contributed by atoms with van der Waals surface area (Å²) in [6.07, 6.45) is 1.92. The van der Waals surface area contributed by atoms with Crippen LogP contribution in [-0.2, 0) is 6.42 Å². The number of nitrogens with zero attached hydrogens (tertiary/aromatic N) is 2. The fraction of sp³-hybridized carbons (Fsp3) is 0.250. The van der Waals surface area contributed by atoms with Gasteiger partial charge in [-0.25, -0.2) is 4.98 Å². The molecule has 25 heavy (non-hydrogen) atoms. The monoisotopic (exact) mass is 333 g/mol. The molecule has 0 unspecified atom stereocenters. The second kappa shape index (κ2) is 6.16. The van der Waals surface area contributed by atoms with E-state index in [1.54, 1.807) is 6.07 Å². The topological polar surface area (TPSA) is 68.0 Å². The molecule has 1 aliphatic carbocycles. The normalized spacial score (nSPS) is 15.8. The van der Waals surface area contributed by atoms with Crippen LogP contribution in [0.1, 0.15) is 45.5 Å². The van der Waals surface area contributed by atoms with Gasteiger partial charge in [-0.15, -0.1) is 0 Å². The molecular formula is C20H19N3O2. The number of aryl methyl sites for hydroxylation is 3. The summed E-state index contributed by atoms with van der Waals surface area (Å²) in [5.41, 5.74) is 5.24. The second-order valence-electron chi connectivity index (χ2n) is 6.37. The molecule has 3 aromatic rings. The van der Waals surface area contributed by atoms with Crippen LogP contribution in [0, 0.1) is 13.8 Å². The molecule has 1 aliphatic rings. The molecule has 5 nitrogen and oxygen atoms in total. The van der Waals surface area contributed by atoms with E-state index in [-0.39, 0.29) is 11.9 Å². The van der Waals surface area contributed by atoms with Crippen molar-refractivity contribution >= 4 is 5.91 Å². The van der Waals surface area contributed by atoms with E-state index < -0.39 is 0 Å². The van der Waals surface area contributed by atoms with Gasteiger partial charge in [-0.3, -0.25) is 4.79 Å². The zero-order valence-electron chi connectivity index (χ0n) is 14.2. The first kappa shape index (κ1) is 15.6. The molecule has 5 heteroatoms. The van der Waals surface area contributed by atoms with E-state index in [9.17, 15) is 4.79 Å². The van der Waals surface area contributed by atoms with Crippen LogP contribution in [0.3, 0.4) is 0 Å². The molecular weight excluding hydrogens is 314 g/mol. The Kier molecular flexibility index (Phi) is 3.84. The predicted octanol–water partition coefficient (Wildman–Crippen LogP) is 3.77. The maximum atomic E-state index is 12.7. The van der Waals surface area contributed by atoms with E-state index in [2.05, 4.69) is 27.6 Å². The lowest BCUT2D eigenvalue weighted by Crippen LogP contribution is -2.28. The van der Waals surface area contributed by atoms with Gasteiger partial charge in [-0.05, 0) is 49.9 Å². The highest BCUT2D eigenvalue weighted by atomic mass is 16.5. The van der Waals surface area contributed by atoms with Crippen LogP contribution in [-0.4, -0.2) is 16.0 Å². The van der Waals surface area contributed by atoms with Crippen molar-refractivity contribution in [2.75, 3.05) is 0 Å². The van der Waals surface area contributed by atoms with Crippen LogP contribution in [0.5, 0.6) is 0 Å². The van der Waals surface area contributed by atoms with Gasteiger partial charge in [0.2, 0.25) is 0 Å². The SMILES string of the molecule is Cc1noc(C)c1-c1cccc(C(=O)N[C@@H]2CCc3ccccc32)n1. The third-order valence-electron chi connectivity index (χ3n) is 4.71. The summed E-state index contributed by atoms with van der Waals surface area (Å²) in [6, 6.07) is 13.8. The molecule has 0 aliphatic heterocycles. The highest BCUT2D eigenvalue weighted by molar-refractivity contribution is 5.93. The maximum absolute atomic E-state index is 12.7. The molecule has 0 spiro atoms. The number of fused-ring (bicyclic) bond motifs is 1. The smallest absolute Gasteiger partial charge is 0.270 e. The Balaban J connectivity index is 1.59. The number of carbonyl (C=O) groups is 1. The lowest BCUT2D eigenvalue weighted by atomic mass is 10.1. The van der Waals surface area contributed by atoms with E-state index in [1.165, 1.54) is 11.1 Å². The van der Waals surface area contributed by atoms with Crippen LogP contribution in [0.15, 0.2) is 47.0 Å². The molecule has 1 N–H and O–H groups in total. The van der Waals surface area contributed by atoms with Gasteiger partial charge in [0, 0.05) is 0 Å². The Morgan fingerprint density at radius 3 is 2.80 bits per heavy atom. The molecule has 0 fully saturated rings. The van der Waals surface area contributed by atoms with Crippen molar-refractivity contribution < 1.29 is 9.32 Å². The van der Waals surface area contributed by atoms with Gasteiger partial charge in [-0.1, -0.05) is 35.5 Å². The van der Waals surface area contributed by atoms with Crippen LogP contribution in [0.25, 0.3) is 11.3 Å². The summed E-state index contributed by atoms with van der Waals surface area (Å²) >= 11 is 0. The predicted molar refractivity (Wildman–Crippen MR) is 94.2 cm³/mol. The summed E-state index contributed by atoms with van der Waals surface area (Å²) in [7, 11) is 0. The molecule has 126 valence electrons. The van der Waals surface area contributed by atoms with Crippen LogP contribution < -0.4 is 5.32 Å². The number of hydrogen-bond acceptors (Lipinski definition) is 4. The molecule has 0 saturated heterocycles. The highest BCUT2D eigenvalue weighted by Gasteiger charge is 2.24. The highest BCUT2D eigenvalue weighted by Crippen LogP contribution is 2.31. The fourth-order valence-corrected chi connectivity index (χ4v) is 3.49. The van der Waals surface area contributed by atoms with Gasteiger partial charge >= 0.3 is 0 Å². The molecule has 4 rings (SSSR count). The van der Waals surface area contributed by atoms with E-state index in [4.69, 9.17) is 4.52 Å². The van der Waals surface area contributed by atoms with Gasteiger partial charge < -0.3 is 9.84 Å². The lowest BCUT2D eigenvalue weighted by molar-refractivity contribution is 0.0932. The Hall–Kier alpha value is -2.95. The largest absolute Gasteiger partial charge is 0.361 e. The van der Waals surface area contributed by atoms with Gasteiger partial charge in [-0.2, -0.15) is 0 Å². The number of carbonyl (C=O) groups excluding carboxylic acids is 1. The van der Waals surface area contributed by atoms with E-state index in [0.717, 1.165) is 24.1 Å². The molecule has 0 saturated carbocycles. The first-order valence-corrected chi connectivity index (χ1v) is 8.42. The Morgan fingerprint density at radius 2 is 2.00 bits per heavy atom. The number of rotatable bonds is 3. The van der Waals surface area contributed by atoms with Crippen LogP contribution in [0.2, 0.25) is 0 Å². The summed E-state index contributed by atoms with van der Waals surface area (Å²) in [5, 5.41) is 7.07. The Labute approximate surface area is 146 Å². The first-order chi connectivity index (χ1) is 12.1. The first-order valence-electron chi connectivity index (χ1n) is 8.42. The van der Waals surface area contributed by atoms with Crippen LogP contribution in [0.4, 0.5) is 0 Å². The van der Waals surface area contributed by atoms with Gasteiger partial charge in [0.05, 0.1) is 23.0 Å². The van der Waals surface area contributed by atoms with Gasteiger partial charge in [0.1, 0.15) is 11.5 Å².